The first-order chi connectivity index (χ1) is 19.1. The second-order valence-corrected chi connectivity index (χ2v) is 11.9. The zero-order valence-corrected chi connectivity index (χ0v) is 25.2. The van der Waals surface area contributed by atoms with Gasteiger partial charge in [0.25, 0.3) is 0 Å². The van der Waals surface area contributed by atoms with Crippen molar-refractivity contribution < 1.29 is 9.47 Å². The van der Waals surface area contributed by atoms with Gasteiger partial charge in [0.15, 0.2) is 11.5 Å². The summed E-state index contributed by atoms with van der Waals surface area (Å²) in [5.74, 6) is 2.45. The Bertz CT molecular complexity index is 1530. The SMILES string of the molecule is COc1cc(C=Nc2ccc([C@@H]3Nc4ccccc4[C@@H]4C=CC[C@H]43)cc2)cc(I)c1OCc1ccc(Br)cc1. The van der Waals surface area contributed by atoms with Gasteiger partial charge < -0.3 is 14.8 Å². The van der Waals surface area contributed by atoms with Crippen molar-refractivity contribution in [1.29, 1.82) is 0 Å². The predicted molar refractivity (Wildman–Crippen MR) is 171 cm³/mol. The smallest absolute Gasteiger partial charge is 0.174 e. The van der Waals surface area contributed by atoms with Crippen LogP contribution in [0.3, 0.4) is 0 Å². The summed E-state index contributed by atoms with van der Waals surface area (Å²) in [6.45, 7) is 0.471. The molecule has 0 saturated heterocycles. The van der Waals surface area contributed by atoms with Crippen molar-refractivity contribution in [3.63, 3.8) is 0 Å². The summed E-state index contributed by atoms with van der Waals surface area (Å²) in [4.78, 5) is 4.75. The highest BCUT2D eigenvalue weighted by atomic mass is 127. The standard InChI is InChI=1S/C33H28BrIN2O2/c1-38-31-18-22(17-29(35)33(31)39-20-21-9-13-24(34)14-10-21)19-36-25-15-11-23(12-16-25)32-28-7-4-6-26(28)27-5-2-3-8-30(27)37-32/h2-6,8-19,26,28,32,37H,7,20H2,1H3/t26-,28+,32-/m0/s1. The van der Waals surface area contributed by atoms with Crippen molar-refractivity contribution in [1.82, 2.24) is 0 Å². The maximum Gasteiger partial charge on any atom is 0.174 e. The fraction of sp³-hybridized carbons (Fsp3) is 0.182. The molecule has 1 aliphatic carbocycles. The molecule has 0 fully saturated rings. The Morgan fingerprint density at radius 2 is 1.82 bits per heavy atom. The summed E-state index contributed by atoms with van der Waals surface area (Å²) in [7, 11) is 1.67. The van der Waals surface area contributed by atoms with Crippen LogP contribution in [0.2, 0.25) is 0 Å². The topological polar surface area (TPSA) is 42.8 Å². The van der Waals surface area contributed by atoms with Gasteiger partial charge in [-0.05, 0) is 99.6 Å². The lowest BCUT2D eigenvalue weighted by Gasteiger charge is -2.37. The molecule has 0 radical (unpaired) electrons. The van der Waals surface area contributed by atoms with Gasteiger partial charge in [-0.3, -0.25) is 4.99 Å². The number of nitrogens with one attached hydrogen (secondary N) is 1. The minimum atomic E-state index is 0.286. The van der Waals surface area contributed by atoms with E-state index in [0.29, 0.717) is 24.2 Å². The van der Waals surface area contributed by atoms with Crippen molar-refractivity contribution in [2.45, 2.75) is 25.0 Å². The molecule has 3 atom stereocenters. The Labute approximate surface area is 251 Å². The van der Waals surface area contributed by atoms with E-state index in [1.165, 1.54) is 16.8 Å². The summed E-state index contributed by atoms with van der Waals surface area (Å²) in [6.07, 6.45) is 7.68. The van der Waals surface area contributed by atoms with Gasteiger partial charge in [-0.15, -0.1) is 0 Å². The Kier molecular flexibility index (Phi) is 7.75. The first-order valence-corrected chi connectivity index (χ1v) is 14.9. The van der Waals surface area contributed by atoms with Gasteiger partial charge in [-0.25, -0.2) is 0 Å². The monoisotopic (exact) mass is 690 g/mol. The Hall–Kier alpha value is -3.10. The fourth-order valence-electron chi connectivity index (χ4n) is 5.48. The van der Waals surface area contributed by atoms with E-state index in [2.05, 4.69) is 111 Å². The van der Waals surface area contributed by atoms with Crippen LogP contribution in [0.15, 0.2) is 107 Å². The van der Waals surface area contributed by atoms with Crippen LogP contribution < -0.4 is 14.8 Å². The molecule has 0 amide bonds. The Morgan fingerprint density at radius 1 is 1.03 bits per heavy atom. The maximum atomic E-state index is 6.12. The molecule has 1 aliphatic heterocycles. The van der Waals surface area contributed by atoms with Crippen molar-refractivity contribution in [2.24, 2.45) is 10.9 Å². The molecule has 1 N–H and O–H groups in total. The summed E-state index contributed by atoms with van der Waals surface area (Å²) in [6, 6.07) is 29.7. The third kappa shape index (κ3) is 5.63. The van der Waals surface area contributed by atoms with Crippen LogP contribution >= 0.6 is 38.5 Å². The number of halogens is 2. The second kappa shape index (κ2) is 11.6. The number of anilines is 1. The number of benzene rings is 4. The summed E-state index contributed by atoms with van der Waals surface area (Å²) in [5.41, 5.74) is 6.92. The Morgan fingerprint density at radius 3 is 2.62 bits per heavy atom. The maximum absolute atomic E-state index is 6.12. The van der Waals surface area contributed by atoms with Crippen molar-refractivity contribution in [2.75, 3.05) is 12.4 Å². The molecule has 6 rings (SSSR count). The van der Waals surface area contributed by atoms with Crippen LogP contribution in [-0.2, 0) is 6.61 Å². The molecule has 196 valence electrons. The molecule has 4 aromatic carbocycles. The minimum absolute atomic E-state index is 0.286. The zero-order chi connectivity index (χ0) is 26.8. The van der Waals surface area contributed by atoms with Gasteiger partial charge in [-0.2, -0.15) is 0 Å². The van der Waals surface area contributed by atoms with E-state index < -0.39 is 0 Å². The average Bonchev–Trinajstić information content (AvgIpc) is 3.46. The number of ether oxygens (including phenoxy) is 2. The highest BCUT2D eigenvalue weighted by Gasteiger charge is 2.37. The number of allylic oxidation sites excluding steroid dienone is 2. The number of aliphatic imine (C=N–C) groups is 1. The minimum Gasteiger partial charge on any atom is -0.493 e. The van der Waals surface area contributed by atoms with Crippen LogP contribution in [0.5, 0.6) is 11.5 Å². The molecule has 0 unspecified atom stereocenters. The lowest BCUT2D eigenvalue weighted by Crippen LogP contribution is -2.28. The molecule has 0 bridgehead atoms. The Balaban J connectivity index is 1.16. The molecule has 6 heteroatoms. The third-order valence-electron chi connectivity index (χ3n) is 7.44. The van der Waals surface area contributed by atoms with Crippen LogP contribution in [-0.4, -0.2) is 13.3 Å². The van der Waals surface area contributed by atoms with Gasteiger partial charge in [0.05, 0.1) is 22.4 Å². The van der Waals surface area contributed by atoms with E-state index in [-0.39, 0.29) is 6.04 Å². The summed E-state index contributed by atoms with van der Waals surface area (Å²) < 4.78 is 13.8. The zero-order valence-electron chi connectivity index (χ0n) is 21.5. The molecule has 2 aliphatic rings. The van der Waals surface area contributed by atoms with Crippen molar-refractivity contribution in [3.05, 3.63) is 127 Å². The average molecular weight is 691 g/mol. The fourth-order valence-corrected chi connectivity index (χ4v) is 6.53. The van der Waals surface area contributed by atoms with Gasteiger partial charge in [0, 0.05) is 22.3 Å². The second-order valence-electron chi connectivity index (χ2n) is 9.86. The lowest BCUT2D eigenvalue weighted by molar-refractivity contribution is 0.282. The van der Waals surface area contributed by atoms with E-state index in [0.717, 1.165) is 37.0 Å². The number of rotatable bonds is 7. The van der Waals surface area contributed by atoms with Crippen LogP contribution in [0, 0.1) is 9.49 Å². The number of methoxy groups -OCH3 is 1. The number of hydrogen-bond acceptors (Lipinski definition) is 4. The number of para-hydroxylation sites is 1. The molecule has 1 heterocycles. The number of fused-ring (bicyclic) bond motifs is 3. The van der Waals surface area contributed by atoms with Crippen molar-refractivity contribution >= 4 is 56.1 Å². The van der Waals surface area contributed by atoms with E-state index in [9.17, 15) is 0 Å². The van der Waals surface area contributed by atoms with E-state index in [1.54, 1.807) is 7.11 Å². The molecule has 4 aromatic rings. The van der Waals surface area contributed by atoms with Crippen molar-refractivity contribution in [3.8, 4) is 11.5 Å². The largest absolute Gasteiger partial charge is 0.493 e. The third-order valence-corrected chi connectivity index (χ3v) is 8.77. The number of hydrogen-bond donors (Lipinski definition) is 1. The molecule has 4 nitrogen and oxygen atoms in total. The quantitative estimate of drug-likeness (QED) is 0.119. The first kappa shape index (κ1) is 26.1. The molecular formula is C33H28BrIN2O2. The molecule has 0 spiro atoms. The summed E-state index contributed by atoms with van der Waals surface area (Å²) in [5, 5.41) is 3.80. The van der Waals surface area contributed by atoms with E-state index in [1.807, 2.05) is 36.5 Å². The van der Waals surface area contributed by atoms with E-state index in [4.69, 9.17) is 14.5 Å². The first-order valence-electron chi connectivity index (χ1n) is 13.0. The van der Waals surface area contributed by atoms with Gasteiger partial charge >= 0.3 is 0 Å². The highest BCUT2D eigenvalue weighted by molar-refractivity contribution is 14.1. The molecule has 39 heavy (non-hydrogen) atoms. The summed E-state index contributed by atoms with van der Waals surface area (Å²) >= 11 is 5.77. The van der Waals surface area contributed by atoms with Gasteiger partial charge in [-0.1, -0.05) is 70.5 Å². The van der Waals surface area contributed by atoms with E-state index >= 15 is 0 Å². The molecule has 0 saturated carbocycles. The van der Waals surface area contributed by atoms with Gasteiger partial charge in [0.2, 0.25) is 0 Å². The molecular weight excluding hydrogens is 663 g/mol. The van der Waals surface area contributed by atoms with Crippen LogP contribution in [0.25, 0.3) is 0 Å². The number of nitrogens with zero attached hydrogens (tertiary/aromatic N) is 1. The predicted octanol–water partition coefficient (Wildman–Crippen LogP) is 9.22. The normalized spacial score (nSPS) is 19.4. The van der Waals surface area contributed by atoms with Crippen LogP contribution in [0.1, 0.15) is 40.6 Å². The van der Waals surface area contributed by atoms with Gasteiger partial charge in [0.1, 0.15) is 6.61 Å². The lowest BCUT2D eigenvalue weighted by atomic mass is 9.77. The molecule has 0 aromatic heterocycles. The van der Waals surface area contributed by atoms with Crippen LogP contribution in [0.4, 0.5) is 11.4 Å². The highest BCUT2D eigenvalue weighted by Crippen LogP contribution is 2.49.